The Morgan fingerprint density at radius 2 is 2.03 bits per heavy atom. The van der Waals surface area contributed by atoms with Crippen LogP contribution in [0, 0.1) is 17.6 Å². The number of methoxy groups -OCH3 is 1. The lowest BCUT2D eigenvalue weighted by Crippen LogP contribution is -2.46. The molecule has 3 heterocycles. The summed E-state index contributed by atoms with van der Waals surface area (Å²) in [6.07, 6.45) is -4.80. The minimum atomic E-state index is -4.78. The Balaban J connectivity index is 1.90. The van der Waals surface area contributed by atoms with E-state index in [-0.39, 0.29) is 28.4 Å². The highest BCUT2D eigenvalue weighted by molar-refractivity contribution is 5.97. The summed E-state index contributed by atoms with van der Waals surface area (Å²) in [5.74, 6) is -5.67. The minimum absolute atomic E-state index is 0.00260. The number of rotatable bonds is 4. The zero-order valence-corrected chi connectivity index (χ0v) is 18.1. The Morgan fingerprint density at radius 3 is 2.65 bits per heavy atom. The third kappa shape index (κ3) is 3.50. The van der Waals surface area contributed by atoms with Gasteiger partial charge in [-0.1, -0.05) is 18.1 Å². The minimum Gasteiger partial charge on any atom is -0.493 e. The number of aromatic amines is 1. The molecule has 8 nitrogen and oxygen atoms in total. The van der Waals surface area contributed by atoms with Crippen molar-refractivity contribution >= 4 is 16.9 Å². The number of fused-ring (bicyclic) bond motifs is 1. The molecule has 1 aliphatic rings. The maximum Gasteiger partial charge on any atom is 0.417 e. The first-order valence-corrected chi connectivity index (χ1v) is 10.0. The van der Waals surface area contributed by atoms with Crippen LogP contribution in [0.15, 0.2) is 29.6 Å². The number of H-pyrrole nitrogens is 1. The second-order valence-corrected chi connectivity index (χ2v) is 8.14. The average molecular weight is 485 g/mol. The van der Waals surface area contributed by atoms with E-state index in [4.69, 9.17) is 20.4 Å². The molecule has 1 aliphatic heterocycles. The zero-order chi connectivity index (χ0) is 25.0. The number of oxime groups is 1. The maximum absolute atomic E-state index is 14.5. The molecular formula is C21H20F5N5O3. The summed E-state index contributed by atoms with van der Waals surface area (Å²) in [7, 11) is 1.10. The number of imidazole rings is 1. The molecule has 1 unspecified atom stereocenters. The molecule has 0 spiro atoms. The van der Waals surface area contributed by atoms with Crippen LogP contribution in [0.25, 0.3) is 11.0 Å². The molecule has 0 bridgehead atoms. The van der Waals surface area contributed by atoms with Gasteiger partial charge in [0.15, 0.2) is 23.0 Å². The fraction of sp³-hybridized carbons (Fsp3) is 0.381. The van der Waals surface area contributed by atoms with Gasteiger partial charge in [0.2, 0.25) is 5.82 Å². The van der Waals surface area contributed by atoms with Crippen molar-refractivity contribution < 1.29 is 36.6 Å². The van der Waals surface area contributed by atoms with Crippen molar-refractivity contribution in [3.05, 3.63) is 53.1 Å². The van der Waals surface area contributed by atoms with Crippen LogP contribution in [0.1, 0.15) is 43.0 Å². The van der Waals surface area contributed by atoms with Gasteiger partial charge in [0.05, 0.1) is 24.3 Å². The SMILES string of the molecule is COc1c(C2[C@H](c3nc4cc(/C(N)=N/O)ncc4[nH]3)O[C@@](C)(C(F)(F)F)[C@H]2C)ccc(F)c1F. The van der Waals surface area contributed by atoms with Crippen LogP contribution >= 0.6 is 0 Å². The van der Waals surface area contributed by atoms with Gasteiger partial charge in [0.1, 0.15) is 17.6 Å². The number of aromatic nitrogens is 3. The first kappa shape index (κ1) is 23.7. The fourth-order valence-corrected chi connectivity index (χ4v) is 4.30. The van der Waals surface area contributed by atoms with E-state index >= 15 is 0 Å². The highest BCUT2D eigenvalue weighted by Gasteiger charge is 2.65. The number of nitrogens with one attached hydrogen (secondary N) is 1. The Bertz CT molecular complexity index is 1280. The number of ether oxygens (including phenoxy) is 2. The van der Waals surface area contributed by atoms with Crippen LogP contribution in [-0.4, -0.2) is 44.9 Å². The third-order valence-corrected chi connectivity index (χ3v) is 6.34. The predicted octanol–water partition coefficient (Wildman–Crippen LogP) is 4.15. The number of hydrogen-bond acceptors (Lipinski definition) is 6. The van der Waals surface area contributed by atoms with Crippen molar-refractivity contribution in [2.24, 2.45) is 16.8 Å². The number of benzene rings is 1. The van der Waals surface area contributed by atoms with Gasteiger partial charge in [-0.3, -0.25) is 4.98 Å². The van der Waals surface area contributed by atoms with E-state index in [9.17, 15) is 22.0 Å². The van der Waals surface area contributed by atoms with Crippen LogP contribution in [0.4, 0.5) is 22.0 Å². The summed E-state index contributed by atoms with van der Waals surface area (Å²) in [5.41, 5.74) is 3.61. The van der Waals surface area contributed by atoms with Gasteiger partial charge in [-0.15, -0.1) is 0 Å². The van der Waals surface area contributed by atoms with E-state index in [1.54, 1.807) is 0 Å². The van der Waals surface area contributed by atoms with E-state index in [0.29, 0.717) is 5.52 Å². The fourth-order valence-electron chi connectivity index (χ4n) is 4.30. The Labute approximate surface area is 189 Å². The monoisotopic (exact) mass is 485 g/mol. The highest BCUT2D eigenvalue weighted by Crippen LogP contribution is 2.59. The third-order valence-electron chi connectivity index (χ3n) is 6.34. The summed E-state index contributed by atoms with van der Waals surface area (Å²) in [6.45, 7) is 2.22. The Hall–Kier alpha value is -3.48. The van der Waals surface area contributed by atoms with Gasteiger partial charge in [-0.05, 0) is 19.1 Å². The van der Waals surface area contributed by atoms with E-state index < -0.39 is 47.1 Å². The summed E-state index contributed by atoms with van der Waals surface area (Å²) < 4.78 is 81.2. The summed E-state index contributed by atoms with van der Waals surface area (Å²) in [5, 5.41) is 11.7. The first-order valence-electron chi connectivity index (χ1n) is 10.0. The van der Waals surface area contributed by atoms with E-state index in [1.807, 2.05) is 0 Å². The second-order valence-electron chi connectivity index (χ2n) is 8.14. The molecule has 182 valence electrons. The highest BCUT2D eigenvalue weighted by atomic mass is 19.4. The van der Waals surface area contributed by atoms with Gasteiger partial charge < -0.3 is 25.4 Å². The van der Waals surface area contributed by atoms with Crippen LogP contribution in [0.2, 0.25) is 0 Å². The maximum atomic E-state index is 14.5. The van der Waals surface area contributed by atoms with Gasteiger partial charge in [0, 0.05) is 17.4 Å². The van der Waals surface area contributed by atoms with Crippen molar-refractivity contribution in [3.8, 4) is 5.75 Å². The topological polar surface area (TPSA) is 119 Å². The number of pyridine rings is 1. The lowest BCUT2D eigenvalue weighted by molar-refractivity contribution is -0.275. The smallest absolute Gasteiger partial charge is 0.417 e. The first-order chi connectivity index (χ1) is 15.9. The summed E-state index contributed by atoms with van der Waals surface area (Å²) >= 11 is 0. The van der Waals surface area contributed by atoms with Crippen LogP contribution in [0.5, 0.6) is 5.75 Å². The Morgan fingerprint density at radius 1 is 1.32 bits per heavy atom. The predicted molar refractivity (Wildman–Crippen MR) is 110 cm³/mol. The molecule has 0 radical (unpaired) electrons. The zero-order valence-electron chi connectivity index (χ0n) is 18.1. The van der Waals surface area contributed by atoms with E-state index in [1.165, 1.54) is 25.3 Å². The van der Waals surface area contributed by atoms with Crippen LogP contribution < -0.4 is 10.5 Å². The van der Waals surface area contributed by atoms with Crippen molar-refractivity contribution in [3.63, 3.8) is 0 Å². The van der Waals surface area contributed by atoms with E-state index in [2.05, 4.69) is 20.1 Å². The number of nitrogens with two attached hydrogens (primary N) is 1. The number of amidine groups is 1. The molecule has 4 N–H and O–H groups in total. The number of halogens is 5. The number of hydrogen-bond donors (Lipinski definition) is 3. The van der Waals surface area contributed by atoms with Gasteiger partial charge in [0.25, 0.3) is 0 Å². The standard InChI is InChI=1S/C21H20F5N5O3/c1-8-14(9-4-5-10(22)15(23)16(9)33-3)17(34-20(8,2)21(24,25)26)19-29-11-6-12(18(27)31-32)28-7-13(11)30-19/h4-8,14,17,32H,1-3H3,(H2,27,31)(H,29,30)/t8-,14?,17+,20+/m0/s1. The number of nitrogens with zero attached hydrogens (tertiary/aromatic N) is 3. The molecule has 2 aromatic heterocycles. The van der Waals surface area contributed by atoms with Crippen molar-refractivity contribution in [2.75, 3.05) is 7.11 Å². The molecule has 4 atom stereocenters. The lowest BCUT2D eigenvalue weighted by atomic mass is 9.77. The lowest BCUT2D eigenvalue weighted by Gasteiger charge is -2.32. The van der Waals surface area contributed by atoms with Crippen molar-refractivity contribution in [2.45, 2.75) is 37.6 Å². The normalized spacial score (nSPS) is 25.8. The van der Waals surface area contributed by atoms with Gasteiger partial charge in [-0.25, -0.2) is 9.37 Å². The van der Waals surface area contributed by atoms with Gasteiger partial charge in [-0.2, -0.15) is 17.6 Å². The quantitative estimate of drug-likeness (QED) is 0.168. The molecule has 1 aromatic carbocycles. The molecule has 13 heteroatoms. The molecule has 1 fully saturated rings. The van der Waals surface area contributed by atoms with Crippen LogP contribution in [0.3, 0.4) is 0 Å². The summed E-state index contributed by atoms with van der Waals surface area (Å²) in [4.78, 5) is 11.2. The largest absolute Gasteiger partial charge is 0.493 e. The molecule has 0 aliphatic carbocycles. The molecule has 0 saturated carbocycles. The number of alkyl halides is 3. The van der Waals surface area contributed by atoms with Crippen LogP contribution in [-0.2, 0) is 4.74 Å². The molecular weight excluding hydrogens is 465 g/mol. The van der Waals surface area contributed by atoms with Crippen molar-refractivity contribution in [1.29, 1.82) is 0 Å². The van der Waals surface area contributed by atoms with E-state index in [0.717, 1.165) is 20.1 Å². The average Bonchev–Trinajstić information content (AvgIpc) is 3.33. The Kier molecular flexibility index (Phi) is 5.62. The molecule has 0 amide bonds. The molecule has 34 heavy (non-hydrogen) atoms. The van der Waals surface area contributed by atoms with Gasteiger partial charge >= 0.3 is 6.18 Å². The van der Waals surface area contributed by atoms with Crippen molar-refractivity contribution in [1.82, 2.24) is 15.0 Å². The molecule has 3 aromatic rings. The second kappa shape index (κ2) is 8.08. The molecule has 4 rings (SSSR count). The summed E-state index contributed by atoms with van der Waals surface area (Å²) in [6, 6.07) is 3.38. The molecule has 1 saturated heterocycles.